The number of nitrogens with one attached hydrogen (secondary N) is 1. The molecule has 0 aliphatic carbocycles. The Kier molecular flexibility index (Phi) is 4.82. The molecule has 0 spiro atoms. The maximum atomic E-state index is 12.1. The van der Waals surface area contributed by atoms with Gasteiger partial charge in [-0.3, -0.25) is 19.3 Å². The fourth-order valence-electron chi connectivity index (χ4n) is 2.72. The van der Waals surface area contributed by atoms with Gasteiger partial charge in [0, 0.05) is 31.0 Å². The lowest BCUT2D eigenvalue weighted by atomic mass is 9.96. The maximum absolute atomic E-state index is 12.1. The molecule has 1 aliphatic rings. The Morgan fingerprint density at radius 3 is 2.56 bits per heavy atom. The van der Waals surface area contributed by atoms with E-state index in [2.05, 4.69) is 15.5 Å². The molecule has 8 heteroatoms. The van der Waals surface area contributed by atoms with Gasteiger partial charge in [0.15, 0.2) is 5.82 Å². The van der Waals surface area contributed by atoms with Crippen LogP contribution in [0.25, 0.3) is 0 Å². The van der Waals surface area contributed by atoms with Gasteiger partial charge in [-0.15, -0.1) is 0 Å². The van der Waals surface area contributed by atoms with Crippen molar-refractivity contribution >= 4 is 23.4 Å². The molecule has 0 fully saturated rings. The SMILES string of the molecule is CN1C(=O)c2ccc(NC(=O)CCCc3nc(C(C)(C)C)no3)cc2C1=O. The van der Waals surface area contributed by atoms with Crippen molar-refractivity contribution in [2.24, 2.45) is 0 Å². The van der Waals surface area contributed by atoms with Gasteiger partial charge in [-0.25, -0.2) is 0 Å². The number of anilines is 1. The molecule has 142 valence electrons. The van der Waals surface area contributed by atoms with E-state index < -0.39 is 0 Å². The number of hydrogen-bond donors (Lipinski definition) is 1. The Labute approximate surface area is 156 Å². The highest BCUT2D eigenvalue weighted by atomic mass is 16.5. The summed E-state index contributed by atoms with van der Waals surface area (Å²) in [5.74, 6) is 0.275. The van der Waals surface area contributed by atoms with Crippen LogP contribution >= 0.6 is 0 Å². The molecule has 1 aromatic heterocycles. The van der Waals surface area contributed by atoms with Crippen molar-refractivity contribution in [2.75, 3.05) is 12.4 Å². The fraction of sp³-hybridized carbons (Fsp3) is 0.421. The zero-order valence-corrected chi connectivity index (χ0v) is 15.8. The van der Waals surface area contributed by atoms with Gasteiger partial charge in [0.1, 0.15) is 0 Å². The highest BCUT2D eigenvalue weighted by Crippen LogP contribution is 2.25. The van der Waals surface area contributed by atoms with E-state index in [1.54, 1.807) is 12.1 Å². The summed E-state index contributed by atoms with van der Waals surface area (Å²) in [5, 5.41) is 6.71. The van der Waals surface area contributed by atoms with E-state index in [0.29, 0.717) is 41.4 Å². The quantitative estimate of drug-likeness (QED) is 0.811. The van der Waals surface area contributed by atoms with Crippen molar-refractivity contribution in [3.05, 3.63) is 41.0 Å². The van der Waals surface area contributed by atoms with Gasteiger partial charge in [0.25, 0.3) is 11.8 Å². The smallest absolute Gasteiger partial charge is 0.261 e. The van der Waals surface area contributed by atoms with Crippen molar-refractivity contribution in [3.8, 4) is 0 Å². The molecule has 8 nitrogen and oxygen atoms in total. The number of fused-ring (bicyclic) bond motifs is 1. The summed E-state index contributed by atoms with van der Waals surface area (Å²) < 4.78 is 5.21. The van der Waals surface area contributed by atoms with E-state index in [1.807, 2.05) is 20.8 Å². The number of amides is 3. The maximum Gasteiger partial charge on any atom is 0.261 e. The normalized spacial score (nSPS) is 13.9. The van der Waals surface area contributed by atoms with Crippen LogP contribution in [0.4, 0.5) is 5.69 Å². The Hall–Kier alpha value is -3.03. The Bertz CT molecular complexity index is 911. The van der Waals surface area contributed by atoms with Gasteiger partial charge in [0.05, 0.1) is 11.1 Å². The minimum atomic E-state index is -0.364. The van der Waals surface area contributed by atoms with E-state index >= 15 is 0 Å². The third kappa shape index (κ3) is 3.89. The average molecular weight is 370 g/mol. The molecule has 0 saturated heterocycles. The van der Waals surface area contributed by atoms with Crippen LogP contribution in [0.5, 0.6) is 0 Å². The van der Waals surface area contributed by atoms with Crippen LogP contribution in [-0.2, 0) is 16.6 Å². The first kappa shape index (κ1) is 18.8. The number of carbonyl (C=O) groups excluding carboxylic acids is 3. The van der Waals surface area contributed by atoms with Crippen LogP contribution in [0.3, 0.4) is 0 Å². The monoisotopic (exact) mass is 370 g/mol. The lowest BCUT2D eigenvalue weighted by Crippen LogP contribution is -2.24. The number of aryl methyl sites for hydroxylation is 1. The van der Waals surface area contributed by atoms with Crippen molar-refractivity contribution < 1.29 is 18.9 Å². The van der Waals surface area contributed by atoms with Crippen LogP contribution in [-0.4, -0.2) is 39.8 Å². The topological polar surface area (TPSA) is 105 Å². The average Bonchev–Trinajstić information content (AvgIpc) is 3.15. The molecule has 1 N–H and O–H groups in total. The van der Waals surface area contributed by atoms with Crippen LogP contribution in [0, 0.1) is 0 Å². The summed E-state index contributed by atoms with van der Waals surface area (Å²) in [4.78, 5) is 41.4. The number of imide groups is 1. The second-order valence-electron chi connectivity index (χ2n) is 7.59. The largest absolute Gasteiger partial charge is 0.339 e. The molecule has 0 unspecified atom stereocenters. The van der Waals surface area contributed by atoms with E-state index in [4.69, 9.17) is 4.52 Å². The minimum absolute atomic E-state index is 0.181. The van der Waals surface area contributed by atoms with Crippen LogP contribution in [0.2, 0.25) is 0 Å². The van der Waals surface area contributed by atoms with Gasteiger partial charge in [0.2, 0.25) is 11.8 Å². The summed E-state index contributed by atoms with van der Waals surface area (Å²) in [6.45, 7) is 6.01. The van der Waals surface area contributed by atoms with Gasteiger partial charge in [-0.05, 0) is 24.6 Å². The number of rotatable bonds is 5. The molecule has 0 saturated carbocycles. The second-order valence-corrected chi connectivity index (χ2v) is 7.59. The predicted octanol–water partition coefficient (Wildman–Crippen LogP) is 2.55. The molecule has 3 amide bonds. The third-order valence-corrected chi connectivity index (χ3v) is 4.31. The van der Waals surface area contributed by atoms with E-state index in [-0.39, 0.29) is 29.6 Å². The highest BCUT2D eigenvalue weighted by molar-refractivity contribution is 6.21. The summed E-state index contributed by atoms with van der Waals surface area (Å²) >= 11 is 0. The molecule has 1 aliphatic heterocycles. The van der Waals surface area contributed by atoms with Crippen LogP contribution in [0.15, 0.2) is 22.7 Å². The number of hydrogen-bond acceptors (Lipinski definition) is 6. The zero-order chi connectivity index (χ0) is 19.8. The summed E-state index contributed by atoms with van der Waals surface area (Å²) in [5.41, 5.74) is 0.968. The number of aromatic nitrogens is 2. The Balaban J connectivity index is 1.54. The Morgan fingerprint density at radius 1 is 1.19 bits per heavy atom. The van der Waals surface area contributed by atoms with Gasteiger partial charge in [-0.1, -0.05) is 25.9 Å². The van der Waals surface area contributed by atoms with Crippen molar-refractivity contribution in [2.45, 2.75) is 45.4 Å². The first-order valence-electron chi connectivity index (χ1n) is 8.76. The van der Waals surface area contributed by atoms with Gasteiger partial charge >= 0.3 is 0 Å². The lowest BCUT2D eigenvalue weighted by Gasteiger charge is -2.10. The summed E-state index contributed by atoms with van der Waals surface area (Å²) in [6.07, 6.45) is 1.35. The fourth-order valence-corrected chi connectivity index (χ4v) is 2.72. The van der Waals surface area contributed by atoms with Crippen molar-refractivity contribution in [3.63, 3.8) is 0 Å². The summed E-state index contributed by atoms with van der Waals surface area (Å²) in [7, 11) is 1.44. The molecule has 2 heterocycles. The number of nitrogens with zero attached hydrogens (tertiary/aromatic N) is 3. The highest BCUT2D eigenvalue weighted by Gasteiger charge is 2.32. The molecule has 2 aromatic rings. The molecular weight excluding hydrogens is 348 g/mol. The van der Waals surface area contributed by atoms with Crippen LogP contribution in [0.1, 0.15) is 66.0 Å². The Morgan fingerprint density at radius 2 is 1.89 bits per heavy atom. The number of benzene rings is 1. The summed E-state index contributed by atoms with van der Waals surface area (Å²) in [6, 6.07) is 4.71. The second kappa shape index (κ2) is 6.94. The minimum Gasteiger partial charge on any atom is -0.339 e. The predicted molar refractivity (Wildman–Crippen MR) is 97.4 cm³/mol. The van der Waals surface area contributed by atoms with Gasteiger partial charge in [-0.2, -0.15) is 4.98 Å². The van der Waals surface area contributed by atoms with E-state index in [1.165, 1.54) is 13.1 Å². The lowest BCUT2D eigenvalue weighted by molar-refractivity contribution is -0.116. The standard InChI is InChI=1S/C19H22N4O4/c1-19(2,3)18-21-15(27-22-18)7-5-6-14(24)20-11-8-9-12-13(10-11)17(26)23(4)16(12)25/h8-10H,5-7H2,1-4H3,(H,20,24). The van der Waals surface area contributed by atoms with Crippen molar-refractivity contribution in [1.29, 1.82) is 0 Å². The number of carbonyl (C=O) groups is 3. The molecule has 1 aromatic carbocycles. The third-order valence-electron chi connectivity index (χ3n) is 4.31. The molecule has 0 radical (unpaired) electrons. The van der Waals surface area contributed by atoms with Crippen molar-refractivity contribution in [1.82, 2.24) is 15.0 Å². The zero-order valence-electron chi connectivity index (χ0n) is 15.8. The molecule has 0 atom stereocenters. The van der Waals surface area contributed by atoms with E-state index in [0.717, 1.165) is 4.90 Å². The first-order chi connectivity index (χ1) is 12.7. The van der Waals surface area contributed by atoms with Crippen LogP contribution < -0.4 is 5.32 Å². The molecular formula is C19H22N4O4. The van der Waals surface area contributed by atoms with Gasteiger partial charge < -0.3 is 9.84 Å². The van der Waals surface area contributed by atoms with E-state index in [9.17, 15) is 14.4 Å². The first-order valence-corrected chi connectivity index (χ1v) is 8.76. The molecule has 3 rings (SSSR count). The molecule has 27 heavy (non-hydrogen) atoms. The molecule has 0 bridgehead atoms.